The summed E-state index contributed by atoms with van der Waals surface area (Å²) in [5, 5.41) is 12.1. The molecular formula is C19H14ClF3N2OS. The van der Waals surface area contributed by atoms with E-state index in [1.165, 1.54) is 23.5 Å². The highest BCUT2D eigenvalue weighted by Gasteiger charge is 2.33. The Morgan fingerprint density at radius 1 is 1.30 bits per heavy atom. The van der Waals surface area contributed by atoms with Crippen LogP contribution in [0.3, 0.4) is 0 Å². The number of hydrogen-bond acceptors (Lipinski definition) is 3. The van der Waals surface area contributed by atoms with Crippen LogP contribution in [0, 0.1) is 11.3 Å². The van der Waals surface area contributed by atoms with Crippen LogP contribution in [0.4, 0.5) is 18.2 Å². The number of fused-ring (bicyclic) bond motifs is 1. The van der Waals surface area contributed by atoms with E-state index in [1.54, 1.807) is 0 Å². The number of alkyl halides is 3. The Morgan fingerprint density at radius 2 is 2.04 bits per heavy atom. The number of nitrogens with one attached hydrogen (secondary N) is 1. The van der Waals surface area contributed by atoms with Gasteiger partial charge in [-0.25, -0.2) is 0 Å². The molecule has 0 saturated heterocycles. The number of aryl methyl sites for hydroxylation is 1. The van der Waals surface area contributed by atoms with Crippen LogP contribution in [-0.2, 0) is 23.8 Å². The zero-order valence-electron chi connectivity index (χ0n) is 14.0. The molecule has 140 valence electrons. The zero-order valence-corrected chi connectivity index (χ0v) is 15.6. The summed E-state index contributed by atoms with van der Waals surface area (Å²) in [6, 6.07) is 5.57. The average Bonchev–Trinajstić information content (AvgIpc) is 2.96. The first kappa shape index (κ1) is 19.5. The lowest BCUT2D eigenvalue weighted by molar-refractivity contribution is -0.137. The molecule has 0 spiro atoms. The lowest BCUT2D eigenvalue weighted by Gasteiger charge is -2.09. The highest BCUT2D eigenvalue weighted by Crippen LogP contribution is 2.38. The summed E-state index contributed by atoms with van der Waals surface area (Å²) < 4.78 is 38.7. The van der Waals surface area contributed by atoms with Crippen molar-refractivity contribution in [3.63, 3.8) is 0 Å². The van der Waals surface area contributed by atoms with Crippen molar-refractivity contribution in [3.8, 4) is 6.07 Å². The Bertz CT molecular complexity index is 957. The number of nitrogens with zero attached hydrogens (tertiary/aromatic N) is 1. The van der Waals surface area contributed by atoms with E-state index < -0.39 is 22.7 Å². The van der Waals surface area contributed by atoms with Crippen molar-refractivity contribution in [3.05, 3.63) is 56.4 Å². The maximum Gasteiger partial charge on any atom is 0.417 e. The van der Waals surface area contributed by atoms with E-state index in [0.717, 1.165) is 54.3 Å². The number of halogens is 4. The first-order valence-corrected chi connectivity index (χ1v) is 9.39. The molecule has 0 atom stereocenters. The number of hydrogen-bond donors (Lipinski definition) is 1. The highest BCUT2D eigenvalue weighted by molar-refractivity contribution is 7.16. The third-order valence-electron chi connectivity index (χ3n) is 4.24. The summed E-state index contributed by atoms with van der Waals surface area (Å²) in [7, 11) is 0. The number of amides is 1. The largest absolute Gasteiger partial charge is 0.417 e. The van der Waals surface area contributed by atoms with Crippen LogP contribution in [0.15, 0.2) is 24.3 Å². The van der Waals surface area contributed by atoms with Crippen molar-refractivity contribution in [2.75, 3.05) is 5.32 Å². The molecule has 2 aromatic rings. The molecule has 1 aromatic carbocycles. The van der Waals surface area contributed by atoms with Crippen molar-refractivity contribution in [2.24, 2.45) is 0 Å². The van der Waals surface area contributed by atoms with Crippen molar-refractivity contribution >= 4 is 39.9 Å². The third kappa shape index (κ3) is 4.34. The van der Waals surface area contributed by atoms with Gasteiger partial charge in [-0.3, -0.25) is 4.79 Å². The minimum Gasteiger partial charge on any atom is -0.313 e. The first-order chi connectivity index (χ1) is 12.8. The van der Waals surface area contributed by atoms with Gasteiger partial charge in [0.15, 0.2) is 0 Å². The number of anilines is 1. The van der Waals surface area contributed by atoms with Crippen LogP contribution >= 0.6 is 22.9 Å². The molecule has 1 aliphatic carbocycles. The summed E-state index contributed by atoms with van der Waals surface area (Å²) in [5.41, 5.74) is 0.736. The van der Waals surface area contributed by atoms with Crippen LogP contribution < -0.4 is 5.32 Å². The maximum atomic E-state index is 12.9. The van der Waals surface area contributed by atoms with Crippen LogP contribution in [0.25, 0.3) is 6.08 Å². The summed E-state index contributed by atoms with van der Waals surface area (Å²) in [6.45, 7) is 0. The molecule has 1 heterocycles. The molecule has 0 saturated carbocycles. The molecule has 0 unspecified atom stereocenters. The number of carbonyl (C=O) groups excluding carboxylic acids is 1. The van der Waals surface area contributed by atoms with Gasteiger partial charge in [0.1, 0.15) is 11.1 Å². The van der Waals surface area contributed by atoms with Gasteiger partial charge in [-0.05, 0) is 55.0 Å². The Kier molecular flexibility index (Phi) is 5.59. The monoisotopic (exact) mass is 410 g/mol. The minimum absolute atomic E-state index is 0.202. The molecule has 0 bridgehead atoms. The molecule has 1 aliphatic rings. The standard InChI is InChI=1S/C19H14ClF3N2OS/c20-15-7-5-11(9-14(15)19(21,22)23)6-8-17(26)25-18-13(10-24)12-3-1-2-4-16(12)27-18/h5-9H,1-4H2,(H,25,26)/b8-6+. The fraction of sp³-hybridized carbons (Fsp3) is 0.263. The zero-order chi connectivity index (χ0) is 19.6. The molecule has 0 radical (unpaired) electrons. The van der Waals surface area contributed by atoms with Gasteiger partial charge in [-0.1, -0.05) is 17.7 Å². The minimum atomic E-state index is -4.57. The van der Waals surface area contributed by atoms with Crippen molar-refractivity contribution < 1.29 is 18.0 Å². The second kappa shape index (κ2) is 7.75. The Hall–Kier alpha value is -2.30. The summed E-state index contributed by atoms with van der Waals surface area (Å²) in [6.07, 6.45) is 1.65. The fourth-order valence-electron chi connectivity index (χ4n) is 2.96. The lowest BCUT2D eigenvalue weighted by atomic mass is 9.96. The quantitative estimate of drug-likeness (QED) is 0.648. The number of nitriles is 1. The van der Waals surface area contributed by atoms with E-state index in [4.69, 9.17) is 11.6 Å². The molecule has 8 heteroatoms. The smallest absolute Gasteiger partial charge is 0.313 e. The number of carbonyl (C=O) groups is 1. The fourth-order valence-corrected chi connectivity index (χ4v) is 4.43. The van der Waals surface area contributed by atoms with Gasteiger partial charge in [0.25, 0.3) is 0 Å². The van der Waals surface area contributed by atoms with Crippen molar-refractivity contribution in [2.45, 2.75) is 31.9 Å². The van der Waals surface area contributed by atoms with E-state index in [2.05, 4.69) is 11.4 Å². The van der Waals surface area contributed by atoms with E-state index in [9.17, 15) is 23.2 Å². The second-order valence-corrected chi connectivity index (χ2v) is 7.60. The number of thiophene rings is 1. The highest BCUT2D eigenvalue weighted by atomic mass is 35.5. The summed E-state index contributed by atoms with van der Waals surface area (Å²) in [4.78, 5) is 13.3. The first-order valence-electron chi connectivity index (χ1n) is 8.20. The van der Waals surface area contributed by atoms with Gasteiger partial charge < -0.3 is 5.32 Å². The second-order valence-electron chi connectivity index (χ2n) is 6.09. The SMILES string of the molecule is N#Cc1c(NC(=O)/C=C/c2ccc(Cl)c(C(F)(F)F)c2)sc2c1CCCC2. The normalized spacial score (nSPS) is 14.0. The van der Waals surface area contributed by atoms with Crippen LogP contribution in [-0.4, -0.2) is 5.91 Å². The molecular weight excluding hydrogens is 397 g/mol. The van der Waals surface area contributed by atoms with E-state index in [1.807, 2.05) is 0 Å². The van der Waals surface area contributed by atoms with Gasteiger partial charge in [0.05, 0.1) is 16.1 Å². The third-order valence-corrected chi connectivity index (χ3v) is 5.78. The summed E-state index contributed by atoms with van der Waals surface area (Å²) in [5.74, 6) is -0.506. The molecule has 3 rings (SSSR count). The lowest BCUT2D eigenvalue weighted by Crippen LogP contribution is -2.08. The Balaban J connectivity index is 1.77. The maximum absolute atomic E-state index is 12.9. The molecule has 3 nitrogen and oxygen atoms in total. The molecule has 1 aromatic heterocycles. The van der Waals surface area contributed by atoms with Gasteiger partial charge in [-0.2, -0.15) is 18.4 Å². The predicted molar refractivity (Wildman–Crippen MR) is 99.8 cm³/mol. The topological polar surface area (TPSA) is 52.9 Å². The van der Waals surface area contributed by atoms with Gasteiger partial charge in [-0.15, -0.1) is 11.3 Å². The summed E-state index contributed by atoms with van der Waals surface area (Å²) >= 11 is 6.97. The van der Waals surface area contributed by atoms with Gasteiger partial charge in [0, 0.05) is 11.0 Å². The number of benzene rings is 1. The van der Waals surface area contributed by atoms with Crippen LogP contribution in [0.1, 0.15) is 40.0 Å². The predicted octanol–water partition coefficient (Wildman–Crippen LogP) is 5.82. The van der Waals surface area contributed by atoms with Gasteiger partial charge in [0.2, 0.25) is 5.91 Å². The molecule has 0 fully saturated rings. The van der Waals surface area contributed by atoms with E-state index in [0.29, 0.717) is 10.6 Å². The average molecular weight is 411 g/mol. The molecule has 27 heavy (non-hydrogen) atoms. The van der Waals surface area contributed by atoms with E-state index in [-0.39, 0.29) is 5.56 Å². The van der Waals surface area contributed by atoms with Crippen molar-refractivity contribution in [1.82, 2.24) is 0 Å². The molecule has 0 aliphatic heterocycles. The number of rotatable bonds is 3. The van der Waals surface area contributed by atoms with E-state index >= 15 is 0 Å². The molecule has 1 N–H and O–H groups in total. The molecule has 1 amide bonds. The van der Waals surface area contributed by atoms with Crippen LogP contribution in [0.5, 0.6) is 0 Å². The Labute approximate surface area is 163 Å². The van der Waals surface area contributed by atoms with Crippen molar-refractivity contribution in [1.29, 1.82) is 5.26 Å². The van der Waals surface area contributed by atoms with Gasteiger partial charge >= 0.3 is 6.18 Å². The van der Waals surface area contributed by atoms with Crippen LogP contribution in [0.2, 0.25) is 5.02 Å². The Morgan fingerprint density at radius 3 is 2.74 bits per heavy atom.